The Hall–Kier alpha value is -1.55. The highest BCUT2D eigenvalue weighted by atomic mass is 16.2. The minimum atomic E-state index is -0.298. The molecular formula is C16H23N3O. The topological polar surface area (TPSA) is 44.4 Å². The number of carbonyl (C=O) groups is 1. The van der Waals surface area contributed by atoms with Gasteiger partial charge in [-0.2, -0.15) is 0 Å². The van der Waals surface area contributed by atoms with Crippen molar-refractivity contribution in [3.8, 4) is 0 Å². The highest BCUT2D eigenvalue weighted by molar-refractivity contribution is 5.93. The Balaban J connectivity index is 1.86. The van der Waals surface area contributed by atoms with Gasteiger partial charge in [-0.15, -0.1) is 0 Å². The van der Waals surface area contributed by atoms with Crippen molar-refractivity contribution in [3.05, 3.63) is 30.3 Å². The molecule has 1 aromatic rings. The molecule has 1 saturated heterocycles. The average Bonchev–Trinajstić information content (AvgIpc) is 2.63. The molecule has 0 bridgehead atoms. The van der Waals surface area contributed by atoms with Crippen molar-refractivity contribution in [2.45, 2.75) is 45.7 Å². The molecule has 108 valence electrons. The molecule has 2 amide bonds. The zero-order chi connectivity index (χ0) is 14.4. The number of amides is 2. The molecule has 4 nitrogen and oxygen atoms in total. The number of nitrogens with one attached hydrogen (secondary N) is 2. The Morgan fingerprint density at radius 1 is 1.20 bits per heavy atom. The van der Waals surface area contributed by atoms with Gasteiger partial charge in [-0.05, 0) is 42.7 Å². The molecule has 1 aliphatic heterocycles. The van der Waals surface area contributed by atoms with Crippen LogP contribution in [-0.2, 0) is 0 Å². The van der Waals surface area contributed by atoms with Crippen LogP contribution in [0.15, 0.2) is 30.3 Å². The fraction of sp³-hybridized carbons (Fsp3) is 0.562. The van der Waals surface area contributed by atoms with Gasteiger partial charge in [0.2, 0.25) is 0 Å². The zero-order valence-corrected chi connectivity index (χ0v) is 12.4. The quantitative estimate of drug-likeness (QED) is 0.825. The van der Waals surface area contributed by atoms with Crippen LogP contribution in [0.1, 0.15) is 40.0 Å². The lowest BCUT2D eigenvalue weighted by Gasteiger charge is -2.45. The molecule has 2 aliphatic rings. The second-order valence-corrected chi connectivity index (χ2v) is 7.15. The Bertz CT molecular complexity index is 514. The first kappa shape index (κ1) is 13.4. The number of benzene rings is 1. The molecule has 2 N–H and O–H groups in total. The lowest BCUT2D eigenvalue weighted by Crippen LogP contribution is -2.57. The summed E-state index contributed by atoms with van der Waals surface area (Å²) in [6.07, 6.45) is 3.14. The minimum absolute atomic E-state index is 0.0545. The van der Waals surface area contributed by atoms with E-state index in [0.717, 1.165) is 18.5 Å². The van der Waals surface area contributed by atoms with Crippen molar-refractivity contribution in [2.24, 2.45) is 11.3 Å². The summed E-state index contributed by atoms with van der Waals surface area (Å²) < 4.78 is 0. The van der Waals surface area contributed by atoms with E-state index in [1.54, 1.807) is 5.01 Å². The number of carbonyl (C=O) groups excluding carboxylic acids is 1. The second-order valence-electron chi connectivity index (χ2n) is 7.15. The lowest BCUT2D eigenvalue weighted by atomic mass is 9.68. The molecule has 0 aromatic heterocycles. The molecule has 0 unspecified atom stereocenters. The van der Waals surface area contributed by atoms with E-state index in [1.807, 2.05) is 30.3 Å². The number of nitrogens with zero attached hydrogens (tertiary/aromatic N) is 1. The van der Waals surface area contributed by atoms with E-state index in [0.29, 0.717) is 5.92 Å². The predicted octanol–water partition coefficient (Wildman–Crippen LogP) is 3.26. The molecule has 1 heterocycles. The van der Waals surface area contributed by atoms with Crippen LogP contribution in [0.5, 0.6) is 0 Å². The van der Waals surface area contributed by atoms with Gasteiger partial charge in [0.1, 0.15) is 5.66 Å². The predicted molar refractivity (Wildman–Crippen MR) is 80.1 cm³/mol. The molecule has 1 saturated carbocycles. The lowest BCUT2D eigenvalue weighted by molar-refractivity contribution is 0.0812. The molecule has 4 heteroatoms. The molecule has 1 aromatic carbocycles. The third kappa shape index (κ3) is 2.40. The van der Waals surface area contributed by atoms with E-state index >= 15 is 0 Å². The third-order valence-electron chi connectivity index (χ3n) is 4.27. The van der Waals surface area contributed by atoms with E-state index in [4.69, 9.17) is 0 Å². The van der Waals surface area contributed by atoms with Crippen LogP contribution < -0.4 is 15.8 Å². The van der Waals surface area contributed by atoms with E-state index in [9.17, 15) is 4.79 Å². The second kappa shape index (κ2) is 4.48. The summed E-state index contributed by atoms with van der Waals surface area (Å²) in [5.74, 6) is 0.599. The highest BCUT2D eigenvalue weighted by Crippen LogP contribution is 2.44. The van der Waals surface area contributed by atoms with Crippen LogP contribution in [0.2, 0.25) is 0 Å². The first-order valence-electron chi connectivity index (χ1n) is 7.34. The molecule has 20 heavy (non-hydrogen) atoms. The summed E-state index contributed by atoms with van der Waals surface area (Å²) in [4.78, 5) is 12.3. The van der Waals surface area contributed by atoms with Gasteiger partial charge < -0.3 is 5.32 Å². The van der Waals surface area contributed by atoms with Crippen LogP contribution in [0.4, 0.5) is 10.5 Å². The summed E-state index contributed by atoms with van der Waals surface area (Å²) in [6.45, 7) is 6.83. The standard InChI is InChI=1S/C16H23N3O/c1-12-9-15(2,3)11-16(10-12)17-14(20)19(18-16)13-7-5-4-6-8-13/h4-8,12,18H,9-11H2,1-3H3,(H,17,20)/t12-,16-/m1/s1. The smallest absolute Gasteiger partial charge is 0.317 e. The van der Waals surface area contributed by atoms with Gasteiger partial charge in [0, 0.05) is 0 Å². The van der Waals surface area contributed by atoms with Crippen molar-refractivity contribution in [3.63, 3.8) is 0 Å². The Labute approximate surface area is 120 Å². The number of rotatable bonds is 1. The van der Waals surface area contributed by atoms with Crippen LogP contribution in [0, 0.1) is 11.3 Å². The van der Waals surface area contributed by atoms with E-state index < -0.39 is 0 Å². The van der Waals surface area contributed by atoms with Gasteiger partial charge in [-0.3, -0.25) is 0 Å². The molecule has 1 aliphatic carbocycles. The minimum Gasteiger partial charge on any atom is -0.317 e. The Kier molecular flexibility index (Phi) is 3.01. The molecule has 3 rings (SSSR count). The fourth-order valence-corrected chi connectivity index (χ4v) is 4.06. The maximum atomic E-state index is 12.3. The van der Waals surface area contributed by atoms with Crippen molar-refractivity contribution >= 4 is 11.7 Å². The van der Waals surface area contributed by atoms with Gasteiger partial charge >= 0.3 is 6.03 Å². The van der Waals surface area contributed by atoms with Crippen LogP contribution >= 0.6 is 0 Å². The van der Waals surface area contributed by atoms with E-state index in [-0.39, 0.29) is 17.1 Å². The van der Waals surface area contributed by atoms with Crippen molar-refractivity contribution in [1.29, 1.82) is 0 Å². The highest BCUT2D eigenvalue weighted by Gasteiger charge is 2.49. The number of hydrogen-bond donors (Lipinski definition) is 2. The van der Waals surface area contributed by atoms with Gasteiger partial charge in [-0.1, -0.05) is 39.0 Å². The molecule has 2 fully saturated rings. The summed E-state index contributed by atoms with van der Waals surface area (Å²) in [7, 11) is 0. The van der Waals surface area contributed by atoms with Crippen molar-refractivity contribution in [2.75, 3.05) is 5.01 Å². The average molecular weight is 273 g/mol. The summed E-state index contributed by atoms with van der Waals surface area (Å²) in [6, 6.07) is 9.69. The first-order chi connectivity index (χ1) is 9.39. The number of para-hydroxylation sites is 1. The van der Waals surface area contributed by atoms with Gasteiger partial charge in [0.15, 0.2) is 0 Å². The normalized spacial score (nSPS) is 32.5. The molecule has 1 spiro atoms. The van der Waals surface area contributed by atoms with E-state index in [1.165, 1.54) is 6.42 Å². The molecule has 2 atom stereocenters. The van der Waals surface area contributed by atoms with Crippen molar-refractivity contribution in [1.82, 2.24) is 10.7 Å². The number of hydrazine groups is 1. The monoisotopic (exact) mass is 273 g/mol. The van der Waals surface area contributed by atoms with Crippen LogP contribution in [0.3, 0.4) is 0 Å². The van der Waals surface area contributed by atoms with Gasteiger partial charge in [0.25, 0.3) is 0 Å². The summed E-state index contributed by atoms with van der Waals surface area (Å²) in [5, 5.41) is 4.83. The molecule has 0 radical (unpaired) electrons. The maximum Gasteiger partial charge on any atom is 0.338 e. The van der Waals surface area contributed by atoms with E-state index in [2.05, 4.69) is 31.5 Å². The van der Waals surface area contributed by atoms with Crippen LogP contribution in [-0.4, -0.2) is 11.7 Å². The SMILES string of the molecule is C[C@@H]1CC(C)(C)C[C@]2(C1)NC(=O)N(c1ccccc1)N2. The number of hydrogen-bond acceptors (Lipinski definition) is 2. The largest absolute Gasteiger partial charge is 0.338 e. The summed E-state index contributed by atoms with van der Waals surface area (Å²) >= 11 is 0. The van der Waals surface area contributed by atoms with Crippen LogP contribution in [0.25, 0.3) is 0 Å². The van der Waals surface area contributed by atoms with Gasteiger partial charge in [-0.25, -0.2) is 15.2 Å². The molecular weight excluding hydrogens is 250 g/mol. The Morgan fingerprint density at radius 3 is 2.55 bits per heavy atom. The maximum absolute atomic E-state index is 12.3. The number of anilines is 1. The zero-order valence-electron chi connectivity index (χ0n) is 12.4. The third-order valence-corrected chi connectivity index (χ3v) is 4.27. The fourth-order valence-electron chi connectivity index (χ4n) is 4.06. The number of urea groups is 1. The Morgan fingerprint density at radius 2 is 1.90 bits per heavy atom. The van der Waals surface area contributed by atoms with Crippen molar-refractivity contribution < 1.29 is 4.79 Å². The first-order valence-corrected chi connectivity index (χ1v) is 7.34. The summed E-state index contributed by atoms with van der Waals surface area (Å²) in [5.41, 5.74) is 4.26. The van der Waals surface area contributed by atoms with Gasteiger partial charge in [0.05, 0.1) is 5.69 Å².